The minimum atomic E-state index is -3.37. The third-order valence-corrected chi connectivity index (χ3v) is 5.73. The molecule has 102 valence electrons. The van der Waals surface area contributed by atoms with Crippen LogP contribution in [0, 0.1) is 11.3 Å². The van der Waals surface area contributed by atoms with Crippen LogP contribution in [0.15, 0.2) is 24.3 Å². The van der Waals surface area contributed by atoms with Crippen LogP contribution in [-0.2, 0) is 15.8 Å². The fourth-order valence-corrected chi connectivity index (χ4v) is 4.56. The third-order valence-electron chi connectivity index (χ3n) is 3.04. The van der Waals surface area contributed by atoms with Crippen LogP contribution in [0.1, 0.15) is 24.0 Å². The highest BCUT2D eigenvalue weighted by molar-refractivity contribution is 8.00. The van der Waals surface area contributed by atoms with Gasteiger partial charge in [-0.3, -0.25) is 0 Å². The highest BCUT2D eigenvalue weighted by Gasteiger charge is 2.19. The van der Waals surface area contributed by atoms with Gasteiger partial charge in [0, 0.05) is 11.8 Å². The van der Waals surface area contributed by atoms with Gasteiger partial charge in [-0.1, -0.05) is 18.2 Å². The molecule has 1 heterocycles. The zero-order valence-corrected chi connectivity index (χ0v) is 12.1. The van der Waals surface area contributed by atoms with Crippen molar-refractivity contribution >= 4 is 21.8 Å². The molecule has 1 N–H and O–H groups in total. The molecule has 0 aliphatic carbocycles. The molecule has 1 fully saturated rings. The van der Waals surface area contributed by atoms with Crippen molar-refractivity contribution in [1.82, 2.24) is 4.72 Å². The van der Waals surface area contributed by atoms with E-state index >= 15 is 0 Å². The monoisotopic (exact) mass is 296 g/mol. The Labute approximate surface area is 118 Å². The predicted molar refractivity (Wildman–Crippen MR) is 77.3 cm³/mol. The van der Waals surface area contributed by atoms with Gasteiger partial charge < -0.3 is 0 Å². The summed E-state index contributed by atoms with van der Waals surface area (Å²) in [6.07, 6.45) is 2.23. The Morgan fingerprint density at radius 2 is 2.21 bits per heavy atom. The van der Waals surface area contributed by atoms with Crippen molar-refractivity contribution in [1.29, 1.82) is 5.26 Å². The number of hydrogen-bond acceptors (Lipinski definition) is 4. The molecule has 0 amide bonds. The molecule has 6 heteroatoms. The molecule has 0 aromatic heterocycles. The number of thioether (sulfide) groups is 1. The molecule has 1 saturated heterocycles. The van der Waals surface area contributed by atoms with Crippen LogP contribution >= 0.6 is 11.8 Å². The molecule has 0 spiro atoms. The second-order valence-corrected chi connectivity index (χ2v) is 7.73. The SMILES string of the molecule is N#Cc1ccccc1CS(=O)(=O)NCC1CCCS1. The van der Waals surface area contributed by atoms with E-state index in [2.05, 4.69) is 4.72 Å². The summed E-state index contributed by atoms with van der Waals surface area (Å²) in [5.74, 6) is 0.984. The van der Waals surface area contributed by atoms with Crippen LogP contribution < -0.4 is 4.72 Å². The molecule has 1 aliphatic rings. The molecular formula is C13H16N2O2S2. The van der Waals surface area contributed by atoms with E-state index in [1.165, 1.54) is 0 Å². The predicted octanol–water partition coefficient (Wildman–Crippen LogP) is 1.87. The van der Waals surface area contributed by atoms with Crippen molar-refractivity contribution in [2.45, 2.75) is 23.8 Å². The van der Waals surface area contributed by atoms with Gasteiger partial charge in [-0.05, 0) is 30.2 Å². The fourth-order valence-electron chi connectivity index (χ4n) is 2.04. The zero-order valence-electron chi connectivity index (χ0n) is 10.5. The summed E-state index contributed by atoms with van der Waals surface area (Å²) in [4.78, 5) is 0. The largest absolute Gasteiger partial charge is 0.215 e. The van der Waals surface area contributed by atoms with Gasteiger partial charge in [-0.2, -0.15) is 17.0 Å². The lowest BCUT2D eigenvalue weighted by molar-refractivity contribution is 0.578. The number of nitrogens with zero attached hydrogens (tertiary/aromatic N) is 1. The van der Waals surface area contributed by atoms with Gasteiger partial charge in [0.15, 0.2) is 0 Å². The highest BCUT2D eigenvalue weighted by Crippen LogP contribution is 2.25. The summed E-state index contributed by atoms with van der Waals surface area (Å²) in [6, 6.07) is 8.82. The topological polar surface area (TPSA) is 70.0 Å². The molecule has 1 unspecified atom stereocenters. The molecule has 4 nitrogen and oxygen atoms in total. The van der Waals surface area contributed by atoms with Crippen LogP contribution in [0.25, 0.3) is 0 Å². The number of benzene rings is 1. The second-order valence-electron chi connectivity index (χ2n) is 4.51. The van der Waals surface area contributed by atoms with E-state index in [-0.39, 0.29) is 5.75 Å². The molecule has 0 bridgehead atoms. The average molecular weight is 296 g/mol. The van der Waals surface area contributed by atoms with Gasteiger partial charge in [0.1, 0.15) is 0 Å². The maximum atomic E-state index is 12.0. The molecule has 19 heavy (non-hydrogen) atoms. The van der Waals surface area contributed by atoms with Crippen molar-refractivity contribution < 1.29 is 8.42 Å². The summed E-state index contributed by atoms with van der Waals surface area (Å²) in [5.41, 5.74) is 0.972. The summed E-state index contributed by atoms with van der Waals surface area (Å²) in [5, 5.41) is 9.34. The molecule has 1 aromatic rings. The maximum absolute atomic E-state index is 12.0. The average Bonchev–Trinajstić information content (AvgIpc) is 2.90. The second kappa shape index (κ2) is 6.42. The Hall–Kier alpha value is -1.03. The summed E-state index contributed by atoms with van der Waals surface area (Å²) >= 11 is 1.82. The van der Waals surface area contributed by atoms with Gasteiger partial charge in [0.25, 0.3) is 0 Å². The number of rotatable bonds is 5. The molecule has 1 atom stereocenters. The molecular weight excluding hydrogens is 280 g/mol. The number of sulfonamides is 1. The quantitative estimate of drug-likeness (QED) is 0.900. The van der Waals surface area contributed by atoms with Crippen LogP contribution in [0.5, 0.6) is 0 Å². The molecule has 0 saturated carbocycles. The Morgan fingerprint density at radius 3 is 2.89 bits per heavy atom. The third kappa shape index (κ3) is 4.23. The van der Waals surface area contributed by atoms with E-state index in [1.807, 2.05) is 17.8 Å². The first-order valence-electron chi connectivity index (χ1n) is 6.18. The van der Waals surface area contributed by atoms with Crippen molar-refractivity contribution in [2.75, 3.05) is 12.3 Å². The van der Waals surface area contributed by atoms with Crippen LogP contribution in [0.3, 0.4) is 0 Å². The molecule has 2 rings (SSSR count). The first-order chi connectivity index (χ1) is 9.11. The van der Waals surface area contributed by atoms with Gasteiger partial charge in [-0.15, -0.1) is 0 Å². The number of hydrogen-bond donors (Lipinski definition) is 1. The minimum Gasteiger partial charge on any atom is -0.214 e. The highest BCUT2D eigenvalue weighted by atomic mass is 32.2. The lowest BCUT2D eigenvalue weighted by Gasteiger charge is -2.11. The summed E-state index contributed by atoms with van der Waals surface area (Å²) in [6.45, 7) is 0.488. The Balaban J connectivity index is 1.98. The Kier molecular flexibility index (Phi) is 4.86. The first-order valence-corrected chi connectivity index (χ1v) is 8.88. The molecule has 1 aliphatic heterocycles. The summed E-state index contributed by atoms with van der Waals surface area (Å²) in [7, 11) is -3.37. The fraction of sp³-hybridized carbons (Fsp3) is 0.462. The van der Waals surface area contributed by atoms with Crippen molar-refractivity contribution in [3.8, 4) is 6.07 Å². The Morgan fingerprint density at radius 1 is 1.42 bits per heavy atom. The van der Waals surface area contributed by atoms with E-state index in [9.17, 15) is 8.42 Å². The minimum absolute atomic E-state index is 0.131. The standard InChI is InChI=1S/C13H16N2O2S2/c14-8-11-4-1-2-5-12(11)10-19(16,17)15-9-13-6-3-7-18-13/h1-2,4-5,13,15H,3,6-7,9-10H2. The number of nitriles is 1. The van der Waals surface area contributed by atoms with Gasteiger partial charge in [0.05, 0.1) is 17.4 Å². The first kappa shape index (κ1) is 14.4. The lowest BCUT2D eigenvalue weighted by Crippen LogP contribution is -2.31. The smallest absolute Gasteiger partial charge is 0.214 e. The van der Waals surface area contributed by atoms with Crippen LogP contribution in [0.2, 0.25) is 0 Å². The van der Waals surface area contributed by atoms with E-state index in [0.29, 0.717) is 22.9 Å². The van der Waals surface area contributed by atoms with E-state index in [0.717, 1.165) is 18.6 Å². The van der Waals surface area contributed by atoms with Gasteiger partial charge >= 0.3 is 0 Å². The van der Waals surface area contributed by atoms with Crippen LogP contribution in [0.4, 0.5) is 0 Å². The molecule has 0 radical (unpaired) electrons. The van der Waals surface area contributed by atoms with Crippen molar-refractivity contribution in [3.63, 3.8) is 0 Å². The number of nitrogens with one attached hydrogen (secondary N) is 1. The van der Waals surface area contributed by atoms with E-state index < -0.39 is 10.0 Å². The van der Waals surface area contributed by atoms with Gasteiger partial charge in [0.2, 0.25) is 10.0 Å². The van der Waals surface area contributed by atoms with Crippen molar-refractivity contribution in [2.24, 2.45) is 0 Å². The van der Waals surface area contributed by atoms with Gasteiger partial charge in [-0.25, -0.2) is 13.1 Å². The zero-order chi connectivity index (χ0) is 13.7. The maximum Gasteiger partial charge on any atom is 0.215 e. The Bertz CT molecular complexity index is 573. The van der Waals surface area contributed by atoms with E-state index in [4.69, 9.17) is 5.26 Å². The normalized spacial score (nSPS) is 19.2. The summed E-state index contributed by atoms with van der Waals surface area (Å²) < 4.78 is 26.6. The van der Waals surface area contributed by atoms with Crippen LogP contribution in [-0.4, -0.2) is 26.0 Å². The van der Waals surface area contributed by atoms with E-state index in [1.54, 1.807) is 24.3 Å². The lowest BCUT2D eigenvalue weighted by atomic mass is 10.1. The molecule has 1 aromatic carbocycles. The van der Waals surface area contributed by atoms with Crippen molar-refractivity contribution in [3.05, 3.63) is 35.4 Å².